The van der Waals surface area contributed by atoms with Crippen LogP contribution < -0.4 is 11.1 Å². The number of aromatic amines is 1. The minimum atomic E-state index is 0.148. The molecule has 4 N–H and O–H groups in total. The van der Waals surface area contributed by atoms with E-state index in [1.54, 1.807) is 0 Å². The molecule has 3 rings (SSSR count). The summed E-state index contributed by atoms with van der Waals surface area (Å²) >= 11 is 0. The van der Waals surface area contributed by atoms with Crippen LogP contribution in [0, 0.1) is 0 Å². The van der Waals surface area contributed by atoms with Crippen LogP contribution >= 0.6 is 0 Å². The number of aromatic nitrogens is 2. The molecule has 0 fully saturated rings. The number of nitrogens with one attached hydrogen (secondary N) is 2. The number of nitrogens with two attached hydrogens (primary N) is 1. The highest BCUT2D eigenvalue weighted by Gasteiger charge is 2.29. The molecule has 0 spiro atoms. The molecule has 4 nitrogen and oxygen atoms in total. The van der Waals surface area contributed by atoms with Crippen LogP contribution in [-0.2, 0) is 0 Å². The molecule has 94 valence electrons. The maximum Gasteiger partial charge on any atom is 0.0534 e. The van der Waals surface area contributed by atoms with E-state index in [1.807, 2.05) is 12.4 Å². The Balaban J connectivity index is 1.79. The quantitative estimate of drug-likeness (QED) is 0.773. The zero-order chi connectivity index (χ0) is 12.5. The Morgan fingerprint density at radius 2 is 2.17 bits per heavy atom. The van der Waals surface area contributed by atoms with Crippen molar-refractivity contribution in [3.63, 3.8) is 0 Å². The molecule has 0 radical (unpaired) electrons. The third-order valence-corrected chi connectivity index (χ3v) is 3.73. The van der Waals surface area contributed by atoms with E-state index in [1.165, 1.54) is 16.7 Å². The number of fused-ring (bicyclic) bond motifs is 1. The number of hydrogen-bond acceptors (Lipinski definition) is 3. The Labute approximate surface area is 107 Å². The molecule has 1 aliphatic carbocycles. The van der Waals surface area contributed by atoms with Crippen LogP contribution in [0.1, 0.15) is 48.2 Å². The van der Waals surface area contributed by atoms with Crippen LogP contribution in [0.3, 0.4) is 0 Å². The van der Waals surface area contributed by atoms with Gasteiger partial charge in [-0.25, -0.2) is 0 Å². The van der Waals surface area contributed by atoms with Gasteiger partial charge in [-0.1, -0.05) is 24.3 Å². The van der Waals surface area contributed by atoms with Crippen molar-refractivity contribution in [1.29, 1.82) is 0 Å². The summed E-state index contributed by atoms with van der Waals surface area (Å²) in [7, 11) is 0. The van der Waals surface area contributed by atoms with Crippen molar-refractivity contribution in [3.8, 4) is 0 Å². The van der Waals surface area contributed by atoms with Crippen LogP contribution in [0.4, 0.5) is 0 Å². The average molecular weight is 242 g/mol. The fraction of sp³-hybridized carbons (Fsp3) is 0.357. The fourth-order valence-electron chi connectivity index (χ4n) is 2.73. The van der Waals surface area contributed by atoms with E-state index in [9.17, 15) is 0 Å². The predicted octanol–water partition coefficient (Wildman–Crippen LogP) is 2.21. The van der Waals surface area contributed by atoms with Crippen molar-refractivity contribution in [2.45, 2.75) is 31.5 Å². The predicted molar refractivity (Wildman–Crippen MR) is 70.9 cm³/mol. The standard InChI is InChI=1S/C14H18N4/c1-9(10-7-16-17-8-10)18-14-6-13(15)11-4-2-3-5-12(11)14/h2-5,7-9,13-14,18H,6,15H2,1H3,(H,16,17). The number of nitrogens with zero attached hydrogens (tertiary/aromatic N) is 1. The molecule has 0 amide bonds. The highest BCUT2D eigenvalue weighted by Crippen LogP contribution is 2.38. The van der Waals surface area contributed by atoms with Gasteiger partial charge in [0, 0.05) is 29.9 Å². The number of hydrogen-bond donors (Lipinski definition) is 3. The second-order valence-corrected chi connectivity index (χ2v) is 4.94. The van der Waals surface area contributed by atoms with E-state index >= 15 is 0 Å². The Kier molecular flexibility index (Phi) is 2.89. The van der Waals surface area contributed by atoms with Gasteiger partial charge >= 0.3 is 0 Å². The zero-order valence-corrected chi connectivity index (χ0v) is 10.4. The van der Waals surface area contributed by atoms with Crippen LogP contribution in [0.25, 0.3) is 0 Å². The largest absolute Gasteiger partial charge is 0.324 e. The highest BCUT2D eigenvalue weighted by molar-refractivity contribution is 5.37. The maximum atomic E-state index is 6.17. The number of rotatable bonds is 3. The summed E-state index contributed by atoms with van der Waals surface area (Å²) in [5, 5.41) is 10.5. The summed E-state index contributed by atoms with van der Waals surface area (Å²) in [5.41, 5.74) is 9.95. The molecule has 3 unspecified atom stereocenters. The second-order valence-electron chi connectivity index (χ2n) is 4.94. The van der Waals surface area contributed by atoms with Gasteiger partial charge in [0.1, 0.15) is 0 Å². The first kappa shape index (κ1) is 11.4. The number of benzene rings is 1. The molecule has 0 saturated carbocycles. The van der Waals surface area contributed by atoms with E-state index in [0.29, 0.717) is 6.04 Å². The molecule has 1 aromatic heterocycles. The molecule has 0 bridgehead atoms. The molecule has 1 aromatic carbocycles. The fourth-order valence-corrected chi connectivity index (χ4v) is 2.73. The van der Waals surface area contributed by atoms with Crippen molar-refractivity contribution in [1.82, 2.24) is 15.5 Å². The van der Waals surface area contributed by atoms with Gasteiger partial charge in [0.25, 0.3) is 0 Å². The smallest absolute Gasteiger partial charge is 0.0534 e. The first-order valence-corrected chi connectivity index (χ1v) is 6.35. The first-order chi connectivity index (χ1) is 8.75. The Morgan fingerprint density at radius 1 is 1.39 bits per heavy atom. The van der Waals surface area contributed by atoms with E-state index in [4.69, 9.17) is 5.73 Å². The molecule has 1 aliphatic rings. The van der Waals surface area contributed by atoms with Crippen LogP contribution in [0.5, 0.6) is 0 Å². The molecule has 1 heterocycles. The van der Waals surface area contributed by atoms with E-state index in [-0.39, 0.29) is 12.1 Å². The zero-order valence-electron chi connectivity index (χ0n) is 10.4. The van der Waals surface area contributed by atoms with Crippen LogP contribution in [-0.4, -0.2) is 10.2 Å². The molecule has 2 aromatic rings. The van der Waals surface area contributed by atoms with Gasteiger partial charge in [0.05, 0.1) is 6.20 Å². The van der Waals surface area contributed by atoms with E-state index in [2.05, 4.69) is 46.7 Å². The maximum absolute atomic E-state index is 6.17. The van der Waals surface area contributed by atoms with Gasteiger partial charge in [-0.3, -0.25) is 5.10 Å². The molecular formula is C14H18N4. The van der Waals surface area contributed by atoms with Gasteiger partial charge < -0.3 is 11.1 Å². The average Bonchev–Trinajstić information content (AvgIpc) is 3.00. The summed E-state index contributed by atoms with van der Waals surface area (Å²) in [6.07, 6.45) is 4.75. The summed E-state index contributed by atoms with van der Waals surface area (Å²) in [6, 6.07) is 9.18. The Morgan fingerprint density at radius 3 is 2.89 bits per heavy atom. The minimum Gasteiger partial charge on any atom is -0.324 e. The monoisotopic (exact) mass is 242 g/mol. The van der Waals surface area contributed by atoms with Crippen LogP contribution in [0.15, 0.2) is 36.7 Å². The van der Waals surface area contributed by atoms with Crippen molar-refractivity contribution in [2.75, 3.05) is 0 Å². The molecule has 4 heteroatoms. The molecular weight excluding hydrogens is 224 g/mol. The van der Waals surface area contributed by atoms with Gasteiger partial charge in [-0.2, -0.15) is 5.10 Å². The topological polar surface area (TPSA) is 66.7 Å². The summed E-state index contributed by atoms with van der Waals surface area (Å²) in [5.74, 6) is 0. The highest BCUT2D eigenvalue weighted by atomic mass is 15.1. The lowest BCUT2D eigenvalue weighted by Gasteiger charge is -2.19. The normalized spacial score (nSPS) is 23.9. The molecule has 0 saturated heterocycles. The van der Waals surface area contributed by atoms with Gasteiger partial charge in [-0.15, -0.1) is 0 Å². The Bertz CT molecular complexity index is 520. The second kappa shape index (κ2) is 4.55. The van der Waals surface area contributed by atoms with Gasteiger partial charge in [0.2, 0.25) is 0 Å². The summed E-state index contributed by atoms with van der Waals surface area (Å²) in [6.45, 7) is 2.15. The summed E-state index contributed by atoms with van der Waals surface area (Å²) < 4.78 is 0. The van der Waals surface area contributed by atoms with Crippen molar-refractivity contribution < 1.29 is 0 Å². The lowest BCUT2D eigenvalue weighted by molar-refractivity contribution is 0.446. The molecule has 18 heavy (non-hydrogen) atoms. The lowest BCUT2D eigenvalue weighted by Crippen LogP contribution is -2.23. The SMILES string of the molecule is CC(NC1CC(N)c2ccccc21)c1cn[nH]c1. The third-order valence-electron chi connectivity index (χ3n) is 3.73. The van der Waals surface area contributed by atoms with Crippen LogP contribution in [0.2, 0.25) is 0 Å². The molecule has 3 atom stereocenters. The first-order valence-electron chi connectivity index (χ1n) is 6.35. The van der Waals surface area contributed by atoms with E-state index in [0.717, 1.165) is 6.42 Å². The van der Waals surface area contributed by atoms with Crippen molar-refractivity contribution in [3.05, 3.63) is 53.3 Å². The number of H-pyrrole nitrogens is 1. The summed E-state index contributed by atoms with van der Waals surface area (Å²) in [4.78, 5) is 0. The van der Waals surface area contributed by atoms with Gasteiger partial charge in [-0.05, 0) is 24.5 Å². The Hall–Kier alpha value is -1.65. The van der Waals surface area contributed by atoms with Gasteiger partial charge in [0.15, 0.2) is 0 Å². The third kappa shape index (κ3) is 1.94. The lowest BCUT2D eigenvalue weighted by atomic mass is 10.1. The minimum absolute atomic E-state index is 0.148. The van der Waals surface area contributed by atoms with Crippen molar-refractivity contribution >= 4 is 0 Å². The van der Waals surface area contributed by atoms with E-state index < -0.39 is 0 Å². The van der Waals surface area contributed by atoms with Crippen molar-refractivity contribution in [2.24, 2.45) is 5.73 Å². The molecule has 0 aliphatic heterocycles.